The highest BCUT2D eigenvalue weighted by molar-refractivity contribution is 7.80. The van der Waals surface area contributed by atoms with Gasteiger partial charge in [-0.3, -0.25) is 9.78 Å². The Balaban J connectivity index is 3.60. The first kappa shape index (κ1) is 8.60. The van der Waals surface area contributed by atoms with E-state index in [1.165, 1.54) is 0 Å². The Bertz CT molecular complexity index is 432. The lowest BCUT2D eigenvalue weighted by Gasteiger charge is -1.99. The van der Waals surface area contributed by atoms with Gasteiger partial charge in [0.2, 0.25) is 0 Å². The van der Waals surface area contributed by atoms with E-state index in [9.17, 15) is 14.4 Å². The summed E-state index contributed by atoms with van der Waals surface area (Å²) < 4.78 is 0.324. The van der Waals surface area contributed by atoms with E-state index in [4.69, 9.17) is 5.11 Å². The fourth-order valence-corrected chi connectivity index (χ4v) is 0.962. The van der Waals surface area contributed by atoms with Gasteiger partial charge in [0.1, 0.15) is 0 Å². The third kappa shape index (κ3) is 1.40. The molecule has 64 valence electrons. The zero-order valence-corrected chi connectivity index (χ0v) is 6.54. The molecule has 0 unspecified atom stereocenters. The van der Waals surface area contributed by atoms with Gasteiger partial charge >= 0.3 is 11.8 Å². The van der Waals surface area contributed by atoms with Gasteiger partial charge in [-0.15, -0.1) is 12.6 Å². The topological polar surface area (TPSA) is 92.2 Å². The molecule has 0 amide bonds. The molecule has 0 aliphatic carbocycles. The van der Waals surface area contributed by atoms with E-state index in [0.717, 1.165) is 6.07 Å². The molecular weight excluding hydrogens is 184 g/mol. The lowest BCUT2D eigenvalue weighted by molar-refractivity contribution is 0.192. The number of nitrogens with one attached hydrogen (secondary N) is 1. The second-order valence-corrected chi connectivity index (χ2v) is 2.37. The number of carbonyl (C=O) groups is 1. The van der Waals surface area contributed by atoms with Crippen molar-refractivity contribution in [3.8, 4) is 0 Å². The lowest BCUT2D eigenvalue weighted by Crippen LogP contribution is -2.33. The van der Waals surface area contributed by atoms with Crippen molar-refractivity contribution in [1.82, 2.24) is 9.55 Å². The zero-order chi connectivity index (χ0) is 9.30. The van der Waals surface area contributed by atoms with Crippen LogP contribution in [-0.4, -0.2) is 20.8 Å². The molecule has 12 heavy (non-hydrogen) atoms. The molecule has 0 fully saturated rings. The molecule has 0 aliphatic heterocycles. The number of hydrogen-bond acceptors (Lipinski definition) is 4. The van der Waals surface area contributed by atoms with E-state index in [2.05, 4.69) is 12.6 Å². The van der Waals surface area contributed by atoms with Gasteiger partial charge in [-0.1, -0.05) is 0 Å². The number of thiol groups is 1. The van der Waals surface area contributed by atoms with Crippen LogP contribution < -0.4 is 11.2 Å². The maximum Gasteiger partial charge on any atom is 0.420 e. The number of rotatable bonds is 0. The van der Waals surface area contributed by atoms with E-state index in [0.29, 0.717) is 4.57 Å². The molecule has 0 aliphatic rings. The molecule has 0 saturated carbocycles. The summed E-state index contributed by atoms with van der Waals surface area (Å²) in [7, 11) is 0. The van der Waals surface area contributed by atoms with Gasteiger partial charge < -0.3 is 5.11 Å². The Morgan fingerprint density at radius 1 is 1.58 bits per heavy atom. The Kier molecular flexibility index (Phi) is 2.05. The molecule has 0 atom stereocenters. The number of aromatic nitrogens is 2. The van der Waals surface area contributed by atoms with E-state index in [1.807, 2.05) is 0 Å². The molecule has 0 aromatic carbocycles. The van der Waals surface area contributed by atoms with Crippen LogP contribution in [0.2, 0.25) is 0 Å². The summed E-state index contributed by atoms with van der Waals surface area (Å²) in [5.74, 6) is 0. The van der Waals surface area contributed by atoms with E-state index in [-0.39, 0.29) is 5.03 Å². The molecule has 6 nitrogen and oxygen atoms in total. The SMILES string of the molecule is O=C(O)n1c(S)cc(=O)[nH]c1=O. The summed E-state index contributed by atoms with van der Waals surface area (Å²) >= 11 is 3.64. The van der Waals surface area contributed by atoms with Gasteiger partial charge in [0.05, 0.1) is 5.03 Å². The van der Waals surface area contributed by atoms with Gasteiger partial charge in [-0.25, -0.2) is 9.59 Å². The average Bonchev–Trinajstić information content (AvgIpc) is 1.82. The molecule has 1 aromatic rings. The second kappa shape index (κ2) is 2.86. The summed E-state index contributed by atoms with van der Waals surface area (Å²) in [6.07, 6.45) is -1.48. The largest absolute Gasteiger partial charge is 0.464 e. The van der Waals surface area contributed by atoms with Crippen LogP contribution in [0.4, 0.5) is 4.79 Å². The number of H-pyrrole nitrogens is 1. The minimum atomic E-state index is -1.48. The Hall–Kier alpha value is -1.50. The van der Waals surface area contributed by atoms with Crippen LogP contribution in [0, 0.1) is 0 Å². The smallest absolute Gasteiger partial charge is 0.420 e. The fraction of sp³-hybridized carbons (Fsp3) is 0. The first-order valence-corrected chi connectivity index (χ1v) is 3.25. The highest BCUT2D eigenvalue weighted by atomic mass is 32.1. The summed E-state index contributed by atoms with van der Waals surface area (Å²) in [5.41, 5.74) is -1.69. The molecule has 0 bridgehead atoms. The Morgan fingerprint density at radius 3 is 2.58 bits per heavy atom. The minimum absolute atomic E-state index is 0.212. The first-order valence-electron chi connectivity index (χ1n) is 2.81. The Morgan fingerprint density at radius 2 is 2.17 bits per heavy atom. The summed E-state index contributed by atoms with van der Waals surface area (Å²) in [4.78, 5) is 33.5. The monoisotopic (exact) mass is 188 g/mol. The van der Waals surface area contributed by atoms with Crippen LogP contribution in [0.5, 0.6) is 0 Å². The van der Waals surface area contributed by atoms with Gasteiger partial charge in [-0.2, -0.15) is 4.57 Å². The molecule has 0 radical (unpaired) electrons. The molecule has 1 aromatic heterocycles. The first-order chi connectivity index (χ1) is 5.52. The van der Waals surface area contributed by atoms with Crippen LogP contribution in [-0.2, 0) is 0 Å². The predicted molar refractivity (Wildman–Crippen MR) is 42.0 cm³/mol. The van der Waals surface area contributed by atoms with E-state index in [1.54, 1.807) is 4.98 Å². The normalized spacial score (nSPS) is 9.75. The average molecular weight is 188 g/mol. The van der Waals surface area contributed by atoms with Gasteiger partial charge in [0, 0.05) is 6.07 Å². The maximum absolute atomic E-state index is 10.8. The predicted octanol–water partition coefficient (Wildman–Crippen LogP) is -0.649. The minimum Gasteiger partial charge on any atom is -0.464 e. The number of aromatic amines is 1. The third-order valence-corrected chi connectivity index (χ3v) is 1.44. The van der Waals surface area contributed by atoms with Crippen LogP contribution in [0.15, 0.2) is 20.7 Å². The van der Waals surface area contributed by atoms with Gasteiger partial charge in [0.15, 0.2) is 0 Å². The van der Waals surface area contributed by atoms with E-state index < -0.39 is 17.3 Å². The third-order valence-electron chi connectivity index (χ3n) is 1.11. The lowest BCUT2D eigenvalue weighted by atomic mass is 10.6. The van der Waals surface area contributed by atoms with Crippen molar-refractivity contribution in [3.05, 3.63) is 26.9 Å². The maximum atomic E-state index is 10.8. The number of carboxylic acid groups (broad SMARTS) is 1. The highest BCUT2D eigenvalue weighted by Crippen LogP contribution is 1.96. The van der Waals surface area contributed by atoms with Crippen LogP contribution in [0.3, 0.4) is 0 Å². The molecule has 1 rings (SSSR count). The molecular formula is C5H4N2O4S. The van der Waals surface area contributed by atoms with Crippen molar-refractivity contribution in [2.75, 3.05) is 0 Å². The quantitative estimate of drug-likeness (QED) is 0.372. The molecule has 2 N–H and O–H groups in total. The van der Waals surface area contributed by atoms with Gasteiger partial charge in [-0.05, 0) is 0 Å². The van der Waals surface area contributed by atoms with Crippen LogP contribution in [0.1, 0.15) is 0 Å². The fourth-order valence-electron chi connectivity index (χ4n) is 0.668. The van der Waals surface area contributed by atoms with Crippen molar-refractivity contribution in [2.24, 2.45) is 0 Å². The molecule has 1 heterocycles. The molecule has 0 saturated heterocycles. The van der Waals surface area contributed by atoms with Crippen molar-refractivity contribution >= 4 is 18.7 Å². The number of nitrogens with zero attached hydrogens (tertiary/aromatic N) is 1. The zero-order valence-electron chi connectivity index (χ0n) is 5.64. The van der Waals surface area contributed by atoms with Crippen molar-refractivity contribution in [2.45, 2.75) is 5.03 Å². The van der Waals surface area contributed by atoms with Crippen molar-refractivity contribution in [1.29, 1.82) is 0 Å². The standard InChI is InChI=1S/C5H4N2O4S/c8-2-1-3(12)7(5(10)11)4(9)6-2/h1,12H,(H,10,11)(H,6,8,9). The molecule has 7 heteroatoms. The Labute approximate surface area is 70.9 Å². The molecule has 0 spiro atoms. The summed E-state index contributed by atoms with van der Waals surface area (Å²) in [6.45, 7) is 0. The second-order valence-electron chi connectivity index (χ2n) is 1.91. The van der Waals surface area contributed by atoms with E-state index >= 15 is 0 Å². The van der Waals surface area contributed by atoms with Crippen LogP contribution >= 0.6 is 12.6 Å². The highest BCUT2D eigenvalue weighted by Gasteiger charge is 2.08. The summed E-state index contributed by atoms with van der Waals surface area (Å²) in [6, 6.07) is 0.901. The van der Waals surface area contributed by atoms with Crippen molar-refractivity contribution in [3.63, 3.8) is 0 Å². The van der Waals surface area contributed by atoms with Gasteiger partial charge in [0.25, 0.3) is 5.56 Å². The summed E-state index contributed by atoms with van der Waals surface area (Å²) in [5, 5.41) is 8.22. The van der Waals surface area contributed by atoms with Crippen molar-refractivity contribution < 1.29 is 9.90 Å². The number of hydrogen-bond donors (Lipinski definition) is 3. The van der Waals surface area contributed by atoms with Crippen LogP contribution in [0.25, 0.3) is 0 Å².